The van der Waals surface area contributed by atoms with Gasteiger partial charge in [-0.15, -0.1) is 24.0 Å². The second kappa shape index (κ2) is 11.5. The molecule has 0 unspecified atom stereocenters. The van der Waals surface area contributed by atoms with Crippen molar-refractivity contribution in [3.8, 4) is 5.75 Å². The van der Waals surface area contributed by atoms with Crippen molar-refractivity contribution in [2.24, 2.45) is 10.4 Å². The molecule has 0 atom stereocenters. The van der Waals surface area contributed by atoms with Crippen molar-refractivity contribution in [2.75, 3.05) is 27.7 Å². The number of carbonyl (C=O) groups is 1. The Morgan fingerprint density at radius 1 is 1.18 bits per heavy atom. The van der Waals surface area contributed by atoms with E-state index >= 15 is 0 Å². The van der Waals surface area contributed by atoms with Gasteiger partial charge in [0.1, 0.15) is 5.75 Å². The average Bonchev–Trinajstić information content (AvgIpc) is 3.12. The van der Waals surface area contributed by atoms with Crippen LogP contribution in [0.25, 0.3) is 0 Å². The van der Waals surface area contributed by atoms with Gasteiger partial charge in [-0.3, -0.25) is 9.79 Å². The first-order valence-corrected chi connectivity index (χ1v) is 9.78. The largest absolute Gasteiger partial charge is 0.491 e. The summed E-state index contributed by atoms with van der Waals surface area (Å²) in [6.45, 7) is 5.31. The molecule has 1 aromatic rings. The lowest BCUT2D eigenvalue weighted by atomic mass is 9.84. The average molecular weight is 502 g/mol. The molecule has 1 aliphatic rings. The number of hydrogen-bond acceptors (Lipinski definition) is 3. The van der Waals surface area contributed by atoms with E-state index in [0.717, 1.165) is 43.0 Å². The highest BCUT2D eigenvalue weighted by Gasteiger charge is 2.42. The molecular formula is C21H35IN4O2. The molecule has 0 aromatic heterocycles. The fourth-order valence-electron chi connectivity index (χ4n) is 3.61. The number of nitrogens with zero attached hydrogens (tertiary/aromatic N) is 2. The van der Waals surface area contributed by atoms with E-state index < -0.39 is 0 Å². The summed E-state index contributed by atoms with van der Waals surface area (Å²) in [6.07, 6.45) is 4.26. The Kier molecular flexibility index (Phi) is 10.1. The summed E-state index contributed by atoms with van der Waals surface area (Å²) in [7, 11) is 5.42. The summed E-state index contributed by atoms with van der Waals surface area (Å²) in [5.41, 5.74) is 0.839. The van der Waals surface area contributed by atoms with Gasteiger partial charge in [-0.25, -0.2) is 0 Å². The lowest BCUT2D eigenvalue weighted by Crippen LogP contribution is -2.49. The maximum absolute atomic E-state index is 12.7. The van der Waals surface area contributed by atoms with Gasteiger partial charge in [-0.2, -0.15) is 0 Å². The van der Waals surface area contributed by atoms with Gasteiger partial charge in [0.05, 0.1) is 11.5 Å². The quantitative estimate of drug-likeness (QED) is 0.341. The van der Waals surface area contributed by atoms with Crippen LogP contribution >= 0.6 is 24.0 Å². The minimum absolute atomic E-state index is 0. The van der Waals surface area contributed by atoms with Crippen LogP contribution in [0.5, 0.6) is 5.75 Å². The van der Waals surface area contributed by atoms with Gasteiger partial charge in [0, 0.05) is 34.2 Å². The summed E-state index contributed by atoms with van der Waals surface area (Å²) in [5, 5.41) is 6.69. The Morgan fingerprint density at radius 2 is 1.79 bits per heavy atom. The number of halogens is 1. The molecule has 1 fully saturated rings. The first kappa shape index (κ1) is 24.5. The van der Waals surface area contributed by atoms with Gasteiger partial charge >= 0.3 is 0 Å². The standard InChI is InChI=1S/C21H34N4O2.HI/c1-16(2)27-18-10-8-17(9-11-18)14-23-20(22-3)24-15-21(12-6-7-13-21)19(26)25(4)5;/h8-11,16H,6-7,12-15H2,1-5H3,(H2,22,23,24);1H. The Balaban J connectivity index is 0.00000392. The number of nitrogens with one attached hydrogen (secondary N) is 2. The maximum Gasteiger partial charge on any atom is 0.230 e. The van der Waals surface area contributed by atoms with Crippen LogP contribution in [0.15, 0.2) is 29.3 Å². The van der Waals surface area contributed by atoms with Crippen molar-refractivity contribution in [1.82, 2.24) is 15.5 Å². The molecule has 0 aliphatic heterocycles. The molecule has 2 N–H and O–H groups in total. The predicted octanol–water partition coefficient (Wildman–Crippen LogP) is 3.41. The molecule has 1 aromatic carbocycles. The van der Waals surface area contributed by atoms with Gasteiger partial charge in [-0.1, -0.05) is 25.0 Å². The number of carbonyl (C=O) groups excluding carboxylic acids is 1. The molecule has 0 radical (unpaired) electrons. The highest BCUT2D eigenvalue weighted by Crippen LogP contribution is 2.38. The highest BCUT2D eigenvalue weighted by atomic mass is 127. The number of benzene rings is 1. The zero-order valence-corrected chi connectivity index (χ0v) is 20.1. The topological polar surface area (TPSA) is 66.0 Å². The van der Waals surface area contributed by atoms with E-state index in [4.69, 9.17) is 4.74 Å². The maximum atomic E-state index is 12.7. The smallest absolute Gasteiger partial charge is 0.230 e. The first-order chi connectivity index (χ1) is 12.9. The van der Waals surface area contributed by atoms with Crippen LogP contribution in [0.4, 0.5) is 0 Å². The molecule has 6 nitrogen and oxygen atoms in total. The highest BCUT2D eigenvalue weighted by molar-refractivity contribution is 14.0. The predicted molar refractivity (Wildman–Crippen MR) is 125 cm³/mol. The number of guanidine groups is 1. The molecule has 0 saturated heterocycles. The number of amides is 1. The third-order valence-electron chi connectivity index (χ3n) is 4.99. The molecule has 2 rings (SSSR count). The third kappa shape index (κ3) is 6.83. The van der Waals surface area contributed by atoms with Crippen LogP contribution in [0, 0.1) is 5.41 Å². The van der Waals surface area contributed by atoms with Crippen LogP contribution < -0.4 is 15.4 Å². The SMILES string of the molecule is CN=C(NCc1ccc(OC(C)C)cc1)NCC1(C(=O)N(C)C)CCCC1.I. The Labute approximate surface area is 186 Å². The monoisotopic (exact) mass is 502 g/mol. The molecule has 0 bridgehead atoms. The fourth-order valence-corrected chi connectivity index (χ4v) is 3.61. The minimum atomic E-state index is -0.309. The molecule has 1 aliphatic carbocycles. The van der Waals surface area contributed by atoms with E-state index in [0.29, 0.717) is 13.1 Å². The van der Waals surface area contributed by atoms with E-state index in [1.807, 2.05) is 52.2 Å². The summed E-state index contributed by atoms with van der Waals surface area (Å²) in [4.78, 5) is 18.7. The lowest BCUT2D eigenvalue weighted by molar-refractivity contribution is -0.138. The number of hydrogen-bond donors (Lipinski definition) is 2. The molecule has 0 spiro atoms. The van der Waals surface area contributed by atoms with Crippen molar-refractivity contribution in [1.29, 1.82) is 0 Å². The van der Waals surface area contributed by atoms with Crippen LogP contribution in [0.1, 0.15) is 45.1 Å². The molecule has 1 amide bonds. The first-order valence-electron chi connectivity index (χ1n) is 9.78. The number of aliphatic imine (C=N–C) groups is 1. The second-order valence-corrected chi connectivity index (χ2v) is 7.78. The molecule has 158 valence electrons. The normalized spacial score (nSPS) is 15.7. The van der Waals surface area contributed by atoms with Crippen LogP contribution in [-0.4, -0.2) is 50.6 Å². The number of rotatable bonds is 7. The van der Waals surface area contributed by atoms with E-state index in [9.17, 15) is 4.79 Å². The minimum Gasteiger partial charge on any atom is -0.491 e. The Bertz CT molecular complexity index is 638. The molecule has 0 heterocycles. The van der Waals surface area contributed by atoms with Crippen LogP contribution in [0.3, 0.4) is 0 Å². The van der Waals surface area contributed by atoms with E-state index in [1.54, 1.807) is 11.9 Å². The summed E-state index contributed by atoms with van der Waals surface area (Å²) in [6, 6.07) is 8.06. The molecule has 7 heteroatoms. The zero-order valence-electron chi connectivity index (χ0n) is 17.7. The molecule has 1 saturated carbocycles. The van der Waals surface area contributed by atoms with E-state index in [-0.39, 0.29) is 41.4 Å². The molecular weight excluding hydrogens is 467 g/mol. The van der Waals surface area contributed by atoms with Gasteiger partial charge in [0.2, 0.25) is 5.91 Å². The number of ether oxygens (including phenoxy) is 1. The third-order valence-corrected chi connectivity index (χ3v) is 4.99. The zero-order chi connectivity index (χ0) is 19.9. The van der Waals surface area contributed by atoms with Crippen molar-refractivity contribution in [3.63, 3.8) is 0 Å². The van der Waals surface area contributed by atoms with Crippen molar-refractivity contribution < 1.29 is 9.53 Å². The molecule has 28 heavy (non-hydrogen) atoms. The van der Waals surface area contributed by atoms with Gasteiger partial charge in [0.15, 0.2) is 5.96 Å². The second-order valence-electron chi connectivity index (χ2n) is 7.78. The van der Waals surface area contributed by atoms with Crippen molar-refractivity contribution >= 4 is 35.8 Å². The van der Waals surface area contributed by atoms with Gasteiger partial charge < -0.3 is 20.3 Å². The lowest BCUT2D eigenvalue weighted by Gasteiger charge is -2.31. The van der Waals surface area contributed by atoms with Crippen molar-refractivity contribution in [3.05, 3.63) is 29.8 Å². The van der Waals surface area contributed by atoms with Crippen molar-refractivity contribution in [2.45, 2.75) is 52.2 Å². The van der Waals surface area contributed by atoms with Gasteiger partial charge in [0.25, 0.3) is 0 Å². The van der Waals surface area contributed by atoms with Gasteiger partial charge in [-0.05, 0) is 44.4 Å². The summed E-state index contributed by atoms with van der Waals surface area (Å²) < 4.78 is 5.67. The Morgan fingerprint density at radius 3 is 2.29 bits per heavy atom. The van der Waals surface area contributed by atoms with E-state index in [1.165, 1.54) is 0 Å². The fraction of sp³-hybridized carbons (Fsp3) is 0.619. The van der Waals surface area contributed by atoms with Crippen LogP contribution in [-0.2, 0) is 11.3 Å². The summed E-state index contributed by atoms with van der Waals surface area (Å²) in [5.74, 6) is 1.81. The Hall–Kier alpha value is -1.51. The van der Waals surface area contributed by atoms with E-state index in [2.05, 4.69) is 15.6 Å². The van der Waals surface area contributed by atoms with Crippen LogP contribution in [0.2, 0.25) is 0 Å². The summed E-state index contributed by atoms with van der Waals surface area (Å²) >= 11 is 0.